The standard InChI is InChI=1S/C16H14ClNO2/c1-19-12-5-7-13(8-6-12)20-10-11-9-18-16-14(11)3-2-4-15(16)17/h2-9,18H,10H2,1H3. The van der Waals surface area contributed by atoms with E-state index in [9.17, 15) is 0 Å². The first-order valence-electron chi connectivity index (χ1n) is 6.29. The quantitative estimate of drug-likeness (QED) is 0.771. The molecule has 1 heterocycles. The summed E-state index contributed by atoms with van der Waals surface area (Å²) in [6, 6.07) is 13.4. The zero-order valence-corrected chi connectivity index (χ0v) is 11.8. The molecule has 0 aliphatic carbocycles. The lowest BCUT2D eigenvalue weighted by atomic mass is 10.2. The number of ether oxygens (including phenoxy) is 2. The first kappa shape index (κ1) is 12.9. The second kappa shape index (κ2) is 5.47. The number of rotatable bonds is 4. The van der Waals surface area contributed by atoms with Gasteiger partial charge in [-0.15, -0.1) is 0 Å². The van der Waals surface area contributed by atoms with E-state index >= 15 is 0 Å². The Morgan fingerprint density at radius 1 is 1.05 bits per heavy atom. The third-order valence-electron chi connectivity index (χ3n) is 3.20. The van der Waals surface area contributed by atoms with Gasteiger partial charge < -0.3 is 14.5 Å². The highest BCUT2D eigenvalue weighted by Crippen LogP contribution is 2.26. The van der Waals surface area contributed by atoms with Gasteiger partial charge in [-0.3, -0.25) is 0 Å². The Hall–Kier alpha value is -2.13. The summed E-state index contributed by atoms with van der Waals surface area (Å²) in [6.45, 7) is 0.493. The topological polar surface area (TPSA) is 34.2 Å². The van der Waals surface area contributed by atoms with Crippen molar-refractivity contribution in [2.75, 3.05) is 7.11 Å². The Balaban J connectivity index is 1.78. The first-order valence-corrected chi connectivity index (χ1v) is 6.67. The van der Waals surface area contributed by atoms with E-state index in [0.717, 1.165) is 33.0 Å². The van der Waals surface area contributed by atoms with E-state index in [4.69, 9.17) is 21.1 Å². The zero-order chi connectivity index (χ0) is 13.9. The van der Waals surface area contributed by atoms with Crippen molar-refractivity contribution in [3.05, 3.63) is 59.2 Å². The molecule has 0 aliphatic heterocycles. The summed E-state index contributed by atoms with van der Waals surface area (Å²) in [5.41, 5.74) is 2.03. The van der Waals surface area contributed by atoms with E-state index in [1.54, 1.807) is 7.11 Å². The van der Waals surface area contributed by atoms with Gasteiger partial charge in [-0.2, -0.15) is 0 Å². The van der Waals surface area contributed by atoms with Gasteiger partial charge in [-0.25, -0.2) is 0 Å². The molecule has 3 nitrogen and oxygen atoms in total. The average molecular weight is 288 g/mol. The highest BCUT2D eigenvalue weighted by molar-refractivity contribution is 6.35. The summed E-state index contributed by atoms with van der Waals surface area (Å²) in [6.07, 6.45) is 1.93. The van der Waals surface area contributed by atoms with E-state index < -0.39 is 0 Å². The number of hydrogen-bond acceptors (Lipinski definition) is 2. The lowest BCUT2D eigenvalue weighted by molar-refractivity contribution is 0.307. The molecule has 3 rings (SSSR count). The minimum atomic E-state index is 0.493. The second-order valence-corrected chi connectivity index (χ2v) is 4.85. The molecule has 0 fully saturated rings. The average Bonchev–Trinajstić information content (AvgIpc) is 2.90. The number of hydrogen-bond donors (Lipinski definition) is 1. The van der Waals surface area contributed by atoms with Gasteiger partial charge in [0.15, 0.2) is 0 Å². The van der Waals surface area contributed by atoms with Gasteiger partial charge in [-0.1, -0.05) is 23.7 Å². The van der Waals surface area contributed by atoms with Crippen LogP contribution in [0.3, 0.4) is 0 Å². The van der Waals surface area contributed by atoms with Crippen molar-refractivity contribution in [1.82, 2.24) is 4.98 Å². The molecule has 1 N–H and O–H groups in total. The van der Waals surface area contributed by atoms with Crippen LogP contribution in [0.2, 0.25) is 5.02 Å². The fourth-order valence-electron chi connectivity index (χ4n) is 2.13. The van der Waals surface area contributed by atoms with Crippen molar-refractivity contribution < 1.29 is 9.47 Å². The van der Waals surface area contributed by atoms with E-state index in [0.29, 0.717) is 6.61 Å². The summed E-state index contributed by atoms with van der Waals surface area (Å²) in [5, 5.41) is 1.81. The minimum absolute atomic E-state index is 0.493. The highest BCUT2D eigenvalue weighted by Gasteiger charge is 2.06. The fourth-order valence-corrected chi connectivity index (χ4v) is 2.36. The number of aromatic nitrogens is 1. The molecule has 0 amide bonds. The summed E-state index contributed by atoms with van der Waals surface area (Å²) < 4.78 is 10.9. The van der Waals surface area contributed by atoms with Crippen molar-refractivity contribution in [3.8, 4) is 11.5 Å². The minimum Gasteiger partial charge on any atom is -0.497 e. The molecule has 0 saturated heterocycles. The van der Waals surface area contributed by atoms with Crippen LogP contribution in [-0.2, 0) is 6.61 Å². The van der Waals surface area contributed by atoms with Gasteiger partial charge in [0.05, 0.1) is 17.6 Å². The largest absolute Gasteiger partial charge is 0.497 e. The molecular formula is C16H14ClNO2. The monoisotopic (exact) mass is 287 g/mol. The van der Waals surface area contributed by atoms with Gasteiger partial charge in [0.25, 0.3) is 0 Å². The smallest absolute Gasteiger partial charge is 0.120 e. The molecule has 1 aromatic heterocycles. The zero-order valence-electron chi connectivity index (χ0n) is 11.0. The van der Waals surface area contributed by atoms with Crippen molar-refractivity contribution in [2.24, 2.45) is 0 Å². The fraction of sp³-hybridized carbons (Fsp3) is 0.125. The summed E-state index contributed by atoms with van der Waals surface area (Å²) in [4.78, 5) is 3.18. The molecule has 0 aliphatic rings. The number of halogens is 1. The SMILES string of the molecule is COc1ccc(OCc2c[nH]c3c(Cl)cccc23)cc1. The lowest BCUT2D eigenvalue weighted by Crippen LogP contribution is -1.94. The molecule has 0 spiro atoms. The molecule has 3 aromatic rings. The summed E-state index contributed by atoms with van der Waals surface area (Å²) >= 11 is 6.13. The lowest BCUT2D eigenvalue weighted by Gasteiger charge is -2.06. The van der Waals surface area contributed by atoms with Gasteiger partial charge >= 0.3 is 0 Å². The highest BCUT2D eigenvalue weighted by atomic mass is 35.5. The maximum absolute atomic E-state index is 6.13. The molecule has 102 valence electrons. The second-order valence-electron chi connectivity index (χ2n) is 4.44. The number of H-pyrrole nitrogens is 1. The van der Waals surface area contributed by atoms with Crippen molar-refractivity contribution in [1.29, 1.82) is 0 Å². The third-order valence-corrected chi connectivity index (χ3v) is 3.52. The van der Waals surface area contributed by atoms with E-state index in [1.807, 2.05) is 48.7 Å². The van der Waals surface area contributed by atoms with Crippen molar-refractivity contribution in [3.63, 3.8) is 0 Å². The molecule has 20 heavy (non-hydrogen) atoms. The Morgan fingerprint density at radius 2 is 1.80 bits per heavy atom. The predicted molar refractivity (Wildman–Crippen MR) is 80.6 cm³/mol. The van der Waals surface area contributed by atoms with Crippen LogP contribution in [0.25, 0.3) is 10.9 Å². The van der Waals surface area contributed by atoms with E-state index in [-0.39, 0.29) is 0 Å². The molecule has 0 radical (unpaired) electrons. The Morgan fingerprint density at radius 3 is 2.55 bits per heavy atom. The Labute approximate surface area is 122 Å². The first-order chi connectivity index (χ1) is 9.78. The number of methoxy groups -OCH3 is 1. The summed E-state index contributed by atoms with van der Waals surface area (Å²) in [7, 11) is 1.64. The number of benzene rings is 2. The molecule has 4 heteroatoms. The van der Waals surface area contributed by atoms with Crippen LogP contribution in [0.1, 0.15) is 5.56 Å². The number of aromatic amines is 1. The van der Waals surface area contributed by atoms with Crippen LogP contribution in [-0.4, -0.2) is 12.1 Å². The van der Waals surface area contributed by atoms with Crippen LogP contribution >= 0.6 is 11.6 Å². The van der Waals surface area contributed by atoms with Crippen molar-refractivity contribution in [2.45, 2.75) is 6.61 Å². The molecule has 0 atom stereocenters. The Bertz CT molecular complexity index is 719. The van der Waals surface area contributed by atoms with Crippen molar-refractivity contribution >= 4 is 22.5 Å². The van der Waals surface area contributed by atoms with Crippen LogP contribution in [0.15, 0.2) is 48.7 Å². The van der Waals surface area contributed by atoms with Gasteiger partial charge in [0, 0.05) is 17.1 Å². The number of fused-ring (bicyclic) bond motifs is 1. The molecule has 0 bridgehead atoms. The van der Waals surface area contributed by atoms with E-state index in [1.165, 1.54) is 0 Å². The van der Waals surface area contributed by atoms with Gasteiger partial charge in [0.2, 0.25) is 0 Å². The normalized spacial score (nSPS) is 10.7. The molecular weight excluding hydrogens is 274 g/mol. The van der Waals surface area contributed by atoms with E-state index in [2.05, 4.69) is 4.98 Å². The Kier molecular flexibility index (Phi) is 3.52. The van der Waals surface area contributed by atoms with Gasteiger partial charge in [0.1, 0.15) is 18.1 Å². The van der Waals surface area contributed by atoms with Crippen LogP contribution < -0.4 is 9.47 Å². The molecule has 2 aromatic carbocycles. The molecule has 0 unspecified atom stereocenters. The third kappa shape index (κ3) is 2.45. The summed E-state index contributed by atoms with van der Waals surface area (Å²) in [5.74, 6) is 1.62. The maximum Gasteiger partial charge on any atom is 0.120 e. The van der Waals surface area contributed by atoms with Crippen LogP contribution in [0.4, 0.5) is 0 Å². The maximum atomic E-state index is 6.13. The van der Waals surface area contributed by atoms with Crippen LogP contribution in [0.5, 0.6) is 11.5 Å². The molecule has 0 saturated carbocycles. The van der Waals surface area contributed by atoms with Crippen LogP contribution in [0, 0.1) is 0 Å². The van der Waals surface area contributed by atoms with Gasteiger partial charge in [-0.05, 0) is 30.3 Å². The number of para-hydroxylation sites is 1. The number of nitrogens with one attached hydrogen (secondary N) is 1. The predicted octanol–water partition coefficient (Wildman–Crippen LogP) is 4.41.